The number of nitro benzene ring substituents is 1. The molecule has 0 unspecified atom stereocenters. The van der Waals surface area contributed by atoms with E-state index in [9.17, 15) is 29.5 Å². The van der Waals surface area contributed by atoms with E-state index in [1.807, 2.05) is 49.4 Å². The van der Waals surface area contributed by atoms with Crippen molar-refractivity contribution in [2.24, 2.45) is 22.9 Å². The van der Waals surface area contributed by atoms with Crippen LogP contribution in [0.3, 0.4) is 0 Å². The molecule has 7 rings (SSSR count). The van der Waals surface area contributed by atoms with Gasteiger partial charge in [-0.1, -0.05) is 85.6 Å². The Bertz CT molecular complexity index is 2310. The lowest BCUT2D eigenvalue weighted by atomic mass is 9.55. The van der Waals surface area contributed by atoms with Crippen molar-refractivity contribution in [1.29, 1.82) is 0 Å². The summed E-state index contributed by atoms with van der Waals surface area (Å²) in [6.07, 6.45) is 8.12. The molecule has 1 aliphatic heterocycles. The maximum Gasteiger partial charge on any atom is 0.415 e. The molecule has 14 heteroatoms. The normalized spacial score (nSPS) is 22.4. The van der Waals surface area contributed by atoms with Gasteiger partial charge in [-0.05, 0) is 91.5 Å². The Labute approximate surface area is 379 Å². The van der Waals surface area contributed by atoms with E-state index in [0.29, 0.717) is 42.0 Å². The quantitative estimate of drug-likeness (QED) is 0.0336. The van der Waals surface area contributed by atoms with Crippen LogP contribution < -0.4 is 14.2 Å². The van der Waals surface area contributed by atoms with Crippen LogP contribution in [-0.4, -0.2) is 70.0 Å². The number of unbranched alkanes of at least 4 members (excludes halogenated alkanes) is 2. The van der Waals surface area contributed by atoms with Crippen molar-refractivity contribution >= 4 is 17.5 Å². The summed E-state index contributed by atoms with van der Waals surface area (Å²) in [6.45, 7) is 6.54. The largest absolute Gasteiger partial charge is 0.489 e. The first-order chi connectivity index (χ1) is 31.7. The van der Waals surface area contributed by atoms with E-state index >= 15 is 0 Å². The second-order valence-electron chi connectivity index (χ2n) is 16.7. The van der Waals surface area contributed by atoms with Crippen LogP contribution in [0.15, 0.2) is 127 Å². The van der Waals surface area contributed by atoms with Gasteiger partial charge >= 0.3 is 6.09 Å². The van der Waals surface area contributed by atoms with Crippen LogP contribution in [0.5, 0.6) is 17.2 Å². The molecule has 2 N–H and O–H groups in total. The minimum absolute atomic E-state index is 0.00213. The first kappa shape index (κ1) is 46.9. The number of non-ortho nitro benzene ring substituents is 1. The van der Waals surface area contributed by atoms with Crippen LogP contribution in [-0.2, 0) is 22.8 Å². The summed E-state index contributed by atoms with van der Waals surface area (Å²) in [5.41, 5.74) is 3.52. The van der Waals surface area contributed by atoms with Crippen LogP contribution in [0.2, 0.25) is 0 Å². The van der Waals surface area contributed by atoms with Gasteiger partial charge in [-0.25, -0.2) is 9.18 Å². The molecule has 1 amide bonds. The second kappa shape index (κ2) is 22.2. The Balaban J connectivity index is 1.40. The zero-order valence-electron chi connectivity index (χ0n) is 36.8. The SMILES string of the molecule is C=CCO[C@@]12Oc3ccc(OCc4ccccc4F)cc3[C@H]3[C@H](CCCCO)[C@@H](CCCCO)C=C(C(=NOCc4ccccc4)C[C@@H]1N(CCC)C(=O)Oc1ccc([N+](=O)[O-])cc1)[C@H]32. The zero-order valence-corrected chi connectivity index (χ0v) is 36.8. The highest BCUT2D eigenvalue weighted by atomic mass is 19.1. The molecule has 1 fully saturated rings. The lowest BCUT2D eigenvalue weighted by Gasteiger charge is -2.59. The lowest BCUT2D eigenvalue weighted by Crippen LogP contribution is -2.70. The molecule has 344 valence electrons. The van der Waals surface area contributed by atoms with Crippen LogP contribution in [0, 0.1) is 33.7 Å². The molecular weight excluding hydrogens is 834 g/mol. The van der Waals surface area contributed by atoms with Gasteiger partial charge in [0.15, 0.2) is 0 Å². The summed E-state index contributed by atoms with van der Waals surface area (Å²) in [5.74, 6) is -1.69. The number of ether oxygens (including phenoxy) is 4. The van der Waals surface area contributed by atoms with E-state index in [4.69, 9.17) is 28.9 Å². The van der Waals surface area contributed by atoms with Crippen molar-refractivity contribution in [3.8, 4) is 17.2 Å². The van der Waals surface area contributed by atoms with E-state index < -0.39 is 28.8 Å². The Morgan fingerprint density at radius 3 is 2.40 bits per heavy atom. The molecule has 2 aliphatic carbocycles. The number of rotatable bonds is 22. The fraction of sp³-hybridized carbons (Fsp3) is 0.412. The van der Waals surface area contributed by atoms with Crippen molar-refractivity contribution < 1.29 is 48.1 Å². The van der Waals surface area contributed by atoms with Crippen molar-refractivity contribution in [2.45, 2.75) is 89.3 Å². The van der Waals surface area contributed by atoms with Crippen LogP contribution in [0.1, 0.15) is 80.9 Å². The summed E-state index contributed by atoms with van der Waals surface area (Å²) < 4.78 is 41.4. The van der Waals surface area contributed by atoms with E-state index in [1.54, 1.807) is 35.2 Å². The number of halogens is 1. The van der Waals surface area contributed by atoms with Gasteiger partial charge in [0.1, 0.15) is 42.3 Å². The van der Waals surface area contributed by atoms with Gasteiger partial charge in [-0.2, -0.15) is 0 Å². The molecule has 0 radical (unpaired) electrons. The Morgan fingerprint density at radius 1 is 0.969 bits per heavy atom. The number of aliphatic hydroxyl groups excluding tert-OH is 2. The van der Waals surface area contributed by atoms with Gasteiger partial charge in [-0.15, -0.1) is 6.58 Å². The highest BCUT2D eigenvalue weighted by molar-refractivity contribution is 6.03. The molecule has 0 aromatic heterocycles. The molecule has 3 aliphatic rings. The minimum Gasteiger partial charge on any atom is -0.489 e. The lowest BCUT2D eigenvalue weighted by molar-refractivity contribution is -0.384. The summed E-state index contributed by atoms with van der Waals surface area (Å²) in [5, 5.41) is 36.2. The topological polar surface area (TPSA) is 162 Å². The number of hydrogen-bond donors (Lipinski definition) is 2. The van der Waals surface area contributed by atoms with Crippen molar-refractivity contribution in [1.82, 2.24) is 4.90 Å². The van der Waals surface area contributed by atoms with E-state index in [-0.39, 0.29) is 81.0 Å². The number of hydrogen-bond acceptors (Lipinski definition) is 11. The Kier molecular flexibility index (Phi) is 16.0. The maximum atomic E-state index is 14.8. The van der Waals surface area contributed by atoms with Crippen molar-refractivity contribution in [3.05, 3.63) is 154 Å². The molecular formula is C51H58FN3O10. The molecule has 6 atom stereocenters. The van der Waals surface area contributed by atoms with Crippen molar-refractivity contribution in [2.75, 3.05) is 26.4 Å². The van der Waals surface area contributed by atoms with E-state index in [0.717, 1.165) is 42.4 Å². The standard InChI is InChI=1S/C51H58FN3O10/c1-3-26-54(50(58)64-39-22-20-38(21-23-39)55(59)60)47-32-45(53-63-33-35-14-6-5-7-15-35)42-30-36(16-10-12-27-56)41(18-11-13-28-57)48-43-31-40(61-34-37-17-8-9-19-44(37)52)24-25-46(43)65-51(47,49(42)48)62-29-4-2/h4-9,14-15,17,19-25,30-31,36,41,47-49,56-57H,2-3,10-13,16,18,26-29,32-34H2,1H3/t36-,41+,47-,48+,49+,51+/m0/s1. The number of fused-ring (bicyclic) bond motifs is 2. The zero-order chi connectivity index (χ0) is 45.8. The van der Waals surface area contributed by atoms with Gasteiger partial charge < -0.3 is 34.0 Å². The van der Waals surface area contributed by atoms with E-state index in [2.05, 4.69) is 12.7 Å². The van der Waals surface area contributed by atoms with Gasteiger partial charge in [0.05, 0.1) is 23.2 Å². The molecule has 1 heterocycles. The predicted octanol–water partition coefficient (Wildman–Crippen LogP) is 10.1. The number of carbonyl (C=O) groups is 1. The number of amides is 1. The second-order valence-corrected chi connectivity index (χ2v) is 16.7. The Hall–Kier alpha value is -6.09. The third-order valence-corrected chi connectivity index (χ3v) is 12.6. The molecule has 0 spiro atoms. The first-order valence-corrected chi connectivity index (χ1v) is 22.5. The number of aliphatic hydroxyl groups is 2. The molecule has 65 heavy (non-hydrogen) atoms. The number of allylic oxidation sites excluding steroid dienone is 1. The summed E-state index contributed by atoms with van der Waals surface area (Å²) >= 11 is 0. The van der Waals surface area contributed by atoms with Crippen LogP contribution in [0.25, 0.3) is 0 Å². The molecule has 1 saturated carbocycles. The number of nitrogens with zero attached hydrogens (tertiary/aromatic N) is 3. The molecule has 13 nitrogen and oxygen atoms in total. The fourth-order valence-corrected chi connectivity index (χ4v) is 9.68. The van der Waals surface area contributed by atoms with Gasteiger partial charge in [0, 0.05) is 55.4 Å². The van der Waals surface area contributed by atoms with Crippen molar-refractivity contribution in [3.63, 3.8) is 0 Å². The summed E-state index contributed by atoms with van der Waals surface area (Å²) in [6, 6.07) is 26.3. The van der Waals surface area contributed by atoms with Gasteiger partial charge in [0.25, 0.3) is 5.69 Å². The van der Waals surface area contributed by atoms with Gasteiger partial charge in [-0.3, -0.25) is 15.0 Å². The number of nitro groups is 1. The number of oxime groups is 1. The first-order valence-electron chi connectivity index (χ1n) is 22.5. The summed E-state index contributed by atoms with van der Waals surface area (Å²) in [7, 11) is 0. The third kappa shape index (κ3) is 10.7. The number of benzene rings is 4. The maximum absolute atomic E-state index is 14.8. The average Bonchev–Trinajstić information content (AvgIpc) is 3.31. The van der Waals surface area contributed by atoms with E-state index in [1.165, 1.54) is 30.3 Å². The minimum atomic E-state index is -1.54. The smallest absolute Gasteiger partial charge is 0.415 e. The monoisotopic (exact) mass is 891 g/mol. The molecule has 4 aromatic carbocycles. The van der Waals surface area contributed by atoms with Crippen LogP contribution >= 0.6 is 0 Å². The highest BCUT2D eigenvalue weighted by Gasteiger charge is 2.65. The third-order valence-electron chi connectivity index (χ3n) is 12.6. The fourth-order valence-electron chi connectivity index (χ4n) is 9.68. The Morgan fingerprint density at radius 2 is 1.69 bits per heavy atom. The average molecular weight is 892 g/mol. The highest BCUT2D eigenvalue weighted by Crippen LogP contribution is 2.62. The van der Waals surface area contributed by atoms with Gasteiger partial charge in [0.2, 0.25) is 5.79 Å². The molecule has 0 bridgehead atoms. The molecule has 0 saturated heterocycles. The van der Waals surface area contributed by atoms with Crippen LogP contribution in [0.4, 0.5) is 14.9 Å². The predicted molar refractivity (Wildman–Crippen MR) is 243 cm³/mol. The molecule has 4 aromatic rings. The number of carbonyl (C=O) groups excluding carboxylic acids is 1. The summed E-state index contributed by atoms with van der Waals surface area (Å²) in [4.78, 5) is 33.4.